The van der Waals surface area contributed by atoms with Crippen LogP contribution >= 0.6 is 0 Å². The molecule has 0 spiro atoms. The first kappa shape index (κ1) is 113. The molecule has 4 saturated carbocycles. The van der Waals surface area contributed by atoms with Gasteiger partial charge in [0, 0.05) is 91.0 Å². The number of fused-ring (bicyclic) bond motifs is 3. The molecule has 6 aliphatic heterocycles. The quantitative estimate of drug-likeness (QED) is 0.0210. The molecule has 20 amide bonds. The minimum Gasteiger partial charge on any atom is -0.363 e. The van der Waals surface area contributed by atoms with Crippen LogP contribution in [-0.2, 0) is 81.5 Å². The Balaban J connectivity index is 0.000000254. The Morgan fingerprint density at radius 3 is 1.01 bits per heavy atom. The van der Waals surface area contributed by atoms with Crippen LogP contribution in [0.25, 0.3) is 0 Å². The zero-order chi connectivity index (χ0) is 104. The Hall–Kier alpha value is -10.7. The fraction of sp³-hybridized carbons (Fsp3) is 0.760. The first-order valence-electron chi connectivity index (χ1n) is 49.4. The molecule has 10 rings (SSSR count). The maximum Gasteiger partial charge on any atom is 0.315 e. The molecule has 38 nitrogen and oxygen atoms in total. The fourth-order valence-corrected chi connectivity index (χ4v) is 20.5. The summed E-state index contributed by atoms with van der Waals surface area (Å²) in [5.74, 6) is -8.81. The first-order chi connectivity index (χ1) is 63.7. The number of nitrogens with two attached hydrogens (primary N) is 1. The van der Waals surface area contributed by atoms with Crippen LogP contribution in [0.4, 0.5) is 14.4 Å². The van der Waals surface area contributed by atoms with Crippen LogP contribution in [-0.4, -0.2) is 279 Å². The number of piperidine rings is 4. The topological polar surface area (TPSA) is 519 Å². The third-order valence-corrected chi connectivity index (χ3v) is 30.0. The number of carbonyl (C=O) groups excluding carboxylic acids is 20. The fourth-order valence-electron chi connectivity index (χ4n) is 20.5. The number of primary amides is 1. The van der Waals surface area contributed by atoms with Crippen molar-refractivity contribution in [1.82, 2.24) is 87.9 Å². The van der Waals surface area contributed by atoms with Gasteiger partial charge >= 0.3 is 18.1 Å². The van der Waals surface area contributed by atoms with E-state index in [2.05, 4.69) is 85.5 Å². The number of urea groups is 3. The van der Waals surface area contributed by atoms with Crippen molar-refractivity contribution in [2.45, 2.75) is 335 Å². The number of carbonyl (C=O) groups is 20. The second kappa shape index (κ2) is 44.4. The lowest BCUT2D eigenvalue weighted by Gasteiger charge is -2.39. The summed E-state index contributed by atoms with van der Waals surface area (Å²) in [7, 11) is 0. The number of nitrogens with one attached hydrogen (secondary N) is 11. The molecule has 0 aromatic rings. The van der Waals surface area contributed by atoms with E-state index in [9.17, 15) is 95.9 Å². The summed E-state index contributed by atoms with van der Waals surface area (Å²) in [6.07, 6.45) is 9.57. The van der Waals surface area contributed by atoms with Crippen molar-refractivity contribution >= 4 is 118 Å². The molecular weight excluding hydrogens is 1770 g/mol. The van der Waals surface area contributed by atoms with Gasteiger partial charge in [-0.05, 0) is 123 Å². The second-order valence-corrected chi connectivity index (χ2v) is 47.1. The van der Waals surface area contributed by atoms with Crippen molar-refractivity contribution in [2.24, 2.45) is 96.4 Å². The molecule has 13 N–H and O–H groups in total. The van der Waals surface area contributed by atoms with Gasteiger partial charge in [-0.2, -0.15) is 0 Å². The lowest BCUT2D eigenvalue weighted by atomic mass is 9.84. The molecule has 10 aliphatic rings. The van der Waals surface area contributed by atoms with E-state index in [-0.39, 0.29) is 170 Å². The van der Waals surface area contributed by atoms with Crippen LogP contribution < -0.4 is 64.2 Å². The molecule has 38 heteroatoms. The highest BCUT2D eigenvalue weighted by atomic mass is 16.2. The maximum absolute atomic E-state index is 14.3. The molecule has 770 valence electrons. The number of hydrogen-bond acceptors (Lipinski definition) is 20. The Kier molecular flexibility index (Phi) is 36.2. The van der Waals surface area contributed by atoms with Crippen molar-refractivity contribution in [1.29, 1.82) is 0 Å². The van der Waals surface area contributed by atoms with Gasteiger partial charge < -0.3 is 83.8 Å². The smallest absolute Gasteiger partial charge is 0.315 e. The predicted molar refractivity (Wildman–Crippen MR) is 515 cm³/mol. The van der Waals surface area contributed by atoms with Gasteiger partial charge in [0.2, 0.25) is 82.3 Å². The van der Waals surface area contributed by atoms with E-state index in [1.807, 2.05) is 159 Å². The number of imide groups is 2. The lowest BCUT2D eigenvalue weighted by molar-refractivity contribution is -0.145. The third kappa shape index (κ3) is 27.1. The number of hydrogen-bond donors (Lipinski definition) is 12. The number of nitrogens with zero attached hydrogens (tertiary/aromatic N) is 6. The summed E-state index contributed by atoms with van der Waals surface area (Å²) in [5, 5.41) is 30.6. The number of Topliss-reactive ketones (excluding diaryl/α,β-unsaturated/α-hetero) is 3. The molecule has 6 heterocycles. The van der Waals surface area contributed by atoms with Crippen molar-refractivity contribution in [3.63, 3.8) is 0 Å². The van der Waals surface area contributed by atoms with Gasteiger partial charge in [0.25, 0.3) is 17.7 Å². The van der Waals surface area contributed by atoms with Crippen molar-refractivity contribution < 1.29 is 95.9 Å². The highest BCUT2D eigenvalue weighted by Gasteiger charge is 2.73. The normalized spacial score (nSPS) is 24.6. The van der Waals surface area contributed by atoms with Crippen molar-refractivity contribution in [2.75, 3.05) is 58.9 Å². The molecule has 6 saturated heterocycles. The van der Waals surface area contributed by atoms with Crippen LogP contribution in [0.2, 0.25) is 0 Å². The van der Waals surface area contributed by atoms with Gasteiger partial charge in [-0.25, -0.2) is 14.4 Å². The van der Waals surface area contributed by atoms with Crippen LogP contribution in [0.5, 0.6) is 0 Å². The molecular formula is C100H160N18O20. The standard InChI is InChI=1S/C34H54N6O7.C34H56N6O6.C32H50N6O7/c1-11-13-20(26(43)29(45)35-16-12-2)36-28(44)25-24-19(34(24,9)10)17-40(25)30(46)27(33(6,7)8)38-31(47)37-21(32(3,4)5)18-39-22(41)14-15-23(39)42;1-10-14-22(27(42)30(44)35-16-11-2)36-29(43)26-25-21(34(25,8)9)18-40(26)31(45)28(33(5,6)7)38-32(46)37-23(20(3)4)19-39-17-13-12-15-24(39)41;1-30(2,3)19(15-37-20(39)11-12-21(37)40)35-29(45)36-25(31(4,5)6)28(44)38-14-17-22(32(17,7)8)23(38)27(43)34-18(13-16-9-10-16)24(41)26(33)42/h12,19-21,24-25,27H,2,11,13-18H2,1,3-10H3,(H,35,45)(H,36,44)(H2,37,38,47);11,20-23,25-26,28H,2,10,12-19H2,1,3-9H3,(H,35,44)(H,36,43)(H2,37,38,46);16-19,22-23,25H,9-15H2,1-8H3,(H2,33,42)(H,34,43)(H2,35,36,45)/t19-,20?,21+,24-,25-,27+;21-,22?,23+,25-,26-,28+;17-,18?,19+,22-,23-,25+/m000/s1. The van der Waals surface area contributed by atoms with Crippen LogP contribution in [0, 0.1) is 90.7 Å². The van der Waals surface area contributed by atoms with Gasteiger partial charge in [0.15, 0.2) is 0 Å². The average molecular weight is 1930 g/mol. The zero-order valence-electron chi connectivity index (χ0n) is 86.3. The van der Waals surface area contributed by atoms with E-state index in [1.165, 1.54) is 31.8 Å². The number of amides is 20. The van der Waals surface area contributed by atoms with E-state index in [0.29, 0.717) is 58.4 Å². The van der Waals surface area contributed by atoms with E-state index in [4.69, 9.17) is 5.73 Å². The molecule has 138 heavy (non-hydrogen) atoms. The van der Waals surface area contributed by atoms with Crippen LogP contribution in [0.1, 0.15) is 263 Å². The van der Waals surface area contributed by atoms with Gasteiger partial charge in [0.05, 0.1) is 36.3 Å². The third-order valence-electron chi connectivity index (χ3n) is 30.0. The summed E-state index contributed by atoms with van der Waals surface area (Å²) in [6.45, 7) is 57.1. The van der Waals surface area contributed by atoms with Crippen molar-refractivity contribution in [3.05, 3.63) is 25.3 Å². The molecule has 3 unspecified atom stereocenters. The molecule has 0 aromatic heterocycles. The maximum atomic E-state index is 14.3. The molecule has 0 radical (unpaired) electrons. The Bertz CT molecular complexity index is 4640. The monoisotopic (exact) mass is 1930 g/mol. The summed E-state index contributed by atoms with van der Waals surface area (Å²) in [6, 6.07) is -12.1. The second-order valence-electron chi connectivity index (χ2n) is 47.1. The summed E-state index contributed by atoms with van der Waals surface area (Å²) >= 11 is 0. The van der Waals surface area contributed by atoms with Gasteiger partial charge in [0.1, 0.15) is 36.3 Å². The van der Waals surface area contributed by atoms with Gasteiger partial charge in [-0.1, -0.05) is 211 Å². The first-order valence-corrected chi connectivity index (χ1v) is 49.4. The highest BCUT2D eigenvalue weighted by Crippen LogP contribution is 2.67. The SMILES string of the molecule is C=CCNC(=O)C(=O)C(CCC)NC(=O)[C@@H]1[C@@H]2[C@H](CN1C(=O)[C@@H](NC(=O)N[C@H](CN1C(=O)CCC1=O)C(C)(C)C)C(C)(C)C)C2(C)C.C=CCNC(=O)C(=O)C(CCC)NC(=O)[C@@H]1[C@@H]2[C@H](CN1C(=O)[C@@H](NC(=O)N[C@H](CN1CCCCC1=O)C(C)C)C(C)(C)C)C2(C)C.CC(C)(C)[C@H](NC(=O)N[C@H](CN1C(=O)CCC1=O)C(C)(C)C)C(=O)N1C[C@H]2[C@@H]([C@H]1C(=O)NC(CC1CC1)C(=O)C(N)=O)C2(C)C. The molecule has 10 fully saturated rings. The molecule has 18 atom stereocenters. The minimum absolute atomic E-state index is 0.0127. The van der Waals surface area contributed by atoms with E-state index >= 15 is 0 Å². The zero-order valence-corrected chi connectivity index (χ0v) is 86.3. The Labute approximate surface area is 814 Å². The molecule has 4 aliphatic carbocycles. The van der Waals surface area contributed by atoms with E-state index in [0.717, 1.165) is 25.7 Å². The minimum atomic E-state index is -1.11. The van der Waals surface area contributed by atoms with Gasteiger partial charge in [-0.15, -0.1) is 13.2 Å². The molecule has 0 bridgehead atoms. The lowest BCUT2D eigenvalue weighted by Crippen LogP contribution is -2.62. The number of rotatable bonds is 38. The summed E-state index contributed by atoms with van der Waals surface area (Å²) in [4.78, 5) is 270. The predicted octanol–water partition coefficient (Wildman–Crippen LogP) is 5.37. The van der Waals surface area contributed by atoms with Gasteiger partial charge in [-0.3, -0.25) is 91.3 Å². The van der Waals surface area contributed by atoms with E-state index < -0.39 is 176 Å². The van der Waals surface area contributed by atoms with Crippen LogP contribution in [0.15, 0.2) is 25.3 Å². The number of likely N-dealkylation sites (tertiary alicyclic amines) is 6. The van der Waals surface area contributed by atoms with Crippen LogP contribution in [0.3, 0.4) is 0 Å². The Morgan fingerprint density at radius 1 is 0.413 bits per heavy atom. The highest BCUT2D eigenvalue weighted by molar-refractivity contribution is 6.39. The van der Waals surface area contributed by atoms with E-state index in [1.54, 1.807) is 9.80 Å². The largest absolute Gasteiger partial charge is 0.363 e. The summed E-state index contributed by atoms with van der Waals surface area (Å²) in [5.41, 5.74) is 1.43. The average Bonchev–Trinajstić information content (AvgIpc) is 1.53. The molecule has 0 aromatic carbocycles. The van der Waals surface area contributed by atoms with Crippen molar-refractivity contribution in [3.8, 4) is 0 Å². The number of ketones is 3. The Morgan fingerprint density at radius 2 is 0.732 bits per heavy atom. The summed E-state index contributed by atoms with van der Waals surface area (Å²) < 4.78 is 0.